The van der Waals surface area contributed by atoms with Gasteiger partial charge in [0.1, 0.15) is 12.6 Å². The second-order valence-electron chi connectivity index (χ2n) is 8.28. The summed E-state index contributed by atoms with van der Waals surface area (Å²) >= 11 is 0. The quantitative estimate of drug-likeness (QED) is 0.859. The number of likely N-dealkylation sites (tertiary alicyclic amines) is 2. The molecule has 150 valence electrons. The van der Waals surface area contributed by atoms with Crippen molar-refractivity contribution in [2.45, 2.75) is 44.8 Å². The zero-order chi connectivity index (χ0) is 19.7. The first-order valence-corrected chi connectivity index (χ1v) is 9.98. The number of carboxylic acid groups (broad SMARTS) is 1. The van der Waals surface area contributed by atoms with Gasteiger partial charge in [0.05, 0.1) is 5.92 Å². The SMILES string of the molecule is O=C(O)[C@H]1[C@@H](C(=O)N2CCC3(CC3)C2)CCCN1C(=O)OCc1ccccc1. The van der Waals surface area contributed by atoms with Crippen LogP contribution in [0.1, 0.15) is 37.7 Å². The lowest BCUT2D eigenvalue weighted by Crippen LogP contribution is -2.56. The van der Waals surface area contributed by atoms with Crippen molar-refractivity contribution in [1.82, 2.24) is 9.80 Å². The molecular weight excluding hydrogens is 360 g/mol. The monoisotopic (exact) mass is 386 g/mol. The van der Waals surface area contributed by atoms with Crippen LogP contribution in [0.25, 0.3) is 0 Å². The Labute approximate surface area is 164 Å². The summed E-state index contributed by atoms with van der Waals surface area (Å²) in [4.78, 5) is 40.7. The number of carboxylic acids is 1. The predicted octanol–water partition coefficient (Wildman–Crippen LogP) is 2.50. The van der Waals surface area contributed by atoms with Crippen LogP contribution in [-0.2, 0) is 20.9 Å². The van der Waals surface area contributed by atoms with Gasteiger partial charge in [-0.1, -0.05) is 30.3 Å². The van der Waals surface area contributed by atoms with E-state index in [0.717, 1.165) is 31.4 Å². The van der Waals surface area contributed by atoms with Gasteiger partial charge in [0.2, 0.25) is 5.91 Å². The molecule has 1 aromatic rings. The highest BCUT2D eigenvalue weighted by Gasteiger charge is 2.51. The summed E-state index contributed by atoms with van der Waals surface area (Å²) in [5, 5.41) is 9.80. The predicted molar refractivity (Wildman–Crippen MR) is 100 cm³/mol. The zero-order valence-electron chi connectivity index (χ0n) is 15.9. The van der Waals surface area contributed by atoms with E-state index in [1.807, 2.05) is 35.2 Å². The summed E-state index contributed by atoms with van der Waals surface area (Å²) in [7, 11) is 0. The van der Waals surface area contributed by atoms with E-state index in [1.165, 1.54) is 4.90 Å². The third kappa shape index (κ3) is 3.70. The van der Waals surface area contributed by atoms with Crippen molar-refractivity contribution in [3.05, 3.63) is 35.9 Å². The van der Waals surface area contributed by atoms with E-state index >= 15 is 0 Å². The third-order valence-corrected chi connectivity index (χ3v) is 6.35. The molecule has 2 atom stereocenters. The van der Waals surface area contributed by atoms with E-state index in [9.17, 15) is 19.5 Å². The Morgan fingerprint density at radius 3 is 2.50 bits per heavy atom. The summed E-state index contributed by atoms with van der Waals surface area (Å²) in [5.74, 6) is -1.98. The van der Waals surface area contributed by atoms with Crippen molar-refractivity contribution < 1.29 is 24.2 Å². The number of carbonyl (C=O) groups is 3. The average molecular weight is 386 g/mol. The third-order valence-electron chi connectivity index (χ3n) is 6.35. The second kappa shape index (κ2) is 7.45. The number of amides is 2. The molecule has 7 heteroatoms. The van der Waals surface area contributed by atoms with E-state index in [4.69, 9.17) is 4.74 Å². The maximum Gasteiger partial charge on any atom is 0.410 e. The molecule has 1 aromatic carbocycles. The van der Waals surface area contributed by atoms with Crippen LogP contribution < -0.4 is 0 Å². The van der Waals surface area contributed by atoms with Gasteiger partial charge in [-0.3, -0.25) is 9.69 Å². The second-order valence-corrected chi connectivity index (χ2v) is 8.28. The molecule has 3 aliphatic rings. The molecular formula is C21H26N2O5. The van der Waals surface area contributed by atoms with Gasteiger partial charge >= 0.3 is 12.1 Å². The first-order valence-electron chi connectivity index (χ1n) is 9.98. The zero-order valence-corrected chi connectivity index (χ0v) is 15.9. The number of piperidine rings is 1. The molecule has 0 unspecified atom stereocenters. The first-order chi connectivity index (χ1) is 13.5. The summed E-state index contributed by atoms with van der Waals surface area (Å²) < 4.78 is 5.34. The molecule has 1 spiro atoms. The van der Waals surface area contributed by atoms with Crippen LogP contribution in [0.4, 0.5) is 4.79 Å². The number of rotatable bonds is 4. The molecule has 4 rings (SSSR count). The Hall–Kier alpha value is -2.57. The minimum atomic E-state index is -1.17. The van der Waals surface area contributed by atoms with E-state index in [0.29, 0.717) is 19.4 Å². The number of carbonyl (C=O) groups excluding carboxylic acids is 2. The highest BCUT2D eigenvalue weighted by atomic mass is 16.6. The van der Waals surface area contributed by atoms with Crippen molar-refractivity contribution >= 4 is 18.0 Å². The van der Waals surface area contributed by atoms with Crippen molar-refractivity contribution in [2.24, 2.45) is 11.3 Å². The van der Waals surface area contributed by atoms with E-state index in [-0.39, 0.29) is 24.5 Å². The van der Waals surface area contributed by atoms with Gasteiger partial charge in [0.25, 0.3) is 0 Å². The maximum atomic E-state index is 13.1. The van der Waals surface area contributed by atoms with E-state index in [1.54, 1.807) is 0 Å². The van der Waals surface area contributed by atoms with Crippen LogP contribution in [0.15, 0.2) is 30.3 Å². The van der Waals surface area contributed by atoms with Crippen LogP contribution in [0.2, 0.25) is 0 Å². The van der Waals surface area contributed by atoms with E-state index < -0.39 is 24.0 Å². The summed E-state index contributed by atoms with van der Waals surface area (Å²) in [6.07, 6.45) is 3.73. The lowest BCUT2D eigenvalue weighted by molar-refractivity contribution is -0.153. The van der Waals surface area contributed by atoms with E-state index in [2.05, 4.69) is 0 Å². The Kier molecular flexibility index (Phi) is 5.00. The average Bonchev–Trinajstić information content (AvgIpc) is 3.34. The summed E-state index contributed by atoms with van der Waals surface area (Å²) in [5.41, 5.74) is 1.12. The topological polar surface area (TPSA) is 87.2 Å². The number of aliphatic carboxylic acids is 1. The molecule has 0 bridgehead atoms. The first kappa shape index (κ1) is 18.8. The van der Waals surface area contributed by atoms with Crippen molar-refractivity contribution in [3.8, 4) is 0 Å². The molecule has 7 nitrogen and oxygen atoms in total. The molecule has 1 saturated carbocycles. The maximum absolute atomic E-state index is 13.1. The van der Waals surface area contributed by atoms with Crippen LogP contribution in [0.5, 0.6) is 0 Å². The van der Waals surface area contributed by atoms with Gasteiger partial charge in [-0.2, -0.15) is 0 Å². The fraction of sp³-hybridized carbons (Fsp3) is 0.571. The highest BCUT2D eigenvalue weighted by molar-refractivity contribution is 5.89. The molecule has 0 aromatic heterocycles. The van der Waals surface area contributed by atoms with Crippen molar-refractivity contribution in [3.63, 3.8) is 0 Å². The number of hydrogen-bond donors (Lipinski definition) is 1. The minimum absolute atomic E-state index is 0.0791. The van der Waals surface area contributed by atoms with Crippen LogP contribution in [0.3, 0.4) is 0 Å². The van der Waals surface area contributed by atoms with Gasteiger partial charge < -0.3 is 14.7 Å². The normalized spacial score (nSPS) is 25.6. The summed E-state index contributed by atoms with van der Waals surface area (Å²) in [6, 6.07) is 8.08. The fourth-order valence-electron chi connectivity index (χ4n) is 4.51. The lowest BCUT2D eigenvalue weighted by atomic mass is 9.88. The Morgan fingerprint density at radius 1 is 1.11 bits per heavy atom. The number of benzene rings is 1. The van der Waals surface area contributed by atoms with Gasteiger partial charge in [-0.05, 0) is 43.1 Å². The molecule has 1 N–H and O–H groups in total. The number of ether oxygens (including phenoxy) is 1. The Bertz CT molecular complexity index is 761. The number of hydrogen-bond acceptors (Lipinski definition) is 4. The van der Waals surface area contributed by atoms with Gasteiger partial charge in [-0.15, -0.1) is 0 Å². The van der Waals surface area contributed by atoms with Crippen LogP contribution >= 0.6 is 0 Å². The Morgan fingerprint density at radius 2 is 1.86 bits per heavy atom. The fourth-order valence-corrected chi connectivity index (χ4v) is 4.51. The minimum Gasteiger partial charge on any atom is -0.480 e. The van der Waals surface area contributed by atoms with Crippen molar-refractivity contribution in [2.75, 3.05) is 19.6 Å². The molecule has 2 aliphatic heterocycles. The van der Waals surface area contributed by atoms with Crippen molar-refractivity contribution in [1.29, 1.82) is 0 Å². The van der Waals surface area contributed by atoms with Gasteiger partial charge in [-0.25, -0.2) is 9.59 Å². The molecule has 1 aliphatic carbocycles. The van der Waals surface area contributed by atoms with Crippen LogP contribution in [-0.4, -0.2) is 58.6 Å². The van der Waals surface area contributed by atoms with Crippen LogP contribution in [0, 0.1) is 11.3 Å². The van der Waals surface area contributed by atoms with Gasteiger partial charge in [0.15, 0.2) is 0 Å². The molecule has 3 fully saturated rings. The molecule has 2 saturated heterocycles. The standard InChI is InChI=1S/C21H26N2O5/c24-18(22-12-10-21(14-22)8-9-21)16-7-4-11-23(17(16)19(25)26)20(27)28-13-15-5-2-1-3-6-15/h1-3,5-6,16-17H,4,7-14H2,(H,25,26)/t16-,17+/m0/s1. The lowest BCUT2D eigenvalue weighted by Gasteiger charge is -2.38. The smallest absolute Gasteiger partial charge is 0.410 e. The Balaban J connectivity index is 1.44. The summed E-state index contributed by atoms with van der Waals surface area (Å²) in [6.45, 7) is 1.79. The molecule has 28 heavy (non-hydrogen) atoms. The largest absolute Gasteiger partial charge is 0.480 e. The van der Waals surface area contributed by atoms with Gasteiger partial charge in [0, 0.05) is 19.6 Å². The molecule has 2 heterocycles. The molecule has 0 radical (unpaired) electrons. The highest BCUT2D eigenvalue weighted by Crippen LogP contribution is 2.53. The molecule has 2 amide bonds. The number of nitrogens with zero attached hydrogens (tertiary/aromatic N) is 2.